The third-order valence-electron chi connectivity index (χ3n) is 3.41. The van der Waals surface area contributed by atoms with Crippen LogP contribution in [0.5, 0.6) is 0 Å². The summed E-state index contributed by atoms with van der Waals surface area (Å²) >= 11 is 1.55. The van der Waals surface area contributed by atoms with Crippen LogP contribution >= 0.6 is 11.3 Å². The summed E-state index contributed by atoms with van der Waals surface area (Å²) < 4.78 is 31.6. The summed E-state index contributed by atoms with van der Waals surface area (Å²) in [6, 6.07) is 1.90. The van der Waals surface area contributed by atoms with Crippen LogP contribution in [-0.4, -0.2) is 56.2 Å². The molecule has 0 saturated carbocycles. The third-order valence-corrected chi connectivity index (χ3v) is 5.92. The Morgan fingerprint density at radius 1 is 1.43 bits per heavy atom. The molecule has 128 valence electrons. The van der Waals surface area contributed by atoms with Gasteiger partial charge in [-0.2, -0.15) is 15.6 Å². The molecular weight excluding hydrogens is 336 g/mol. The van der Waals surface area contributed by atoms with Gasteiger partial charge in [-0.15, -0.1) is 0 Å². The summed E-state index contributed by atoms with van der Waals surface area (Å²) in [5.74, 6) is -0.403. The Morgan fingerprint density at radius 2 is 2.13 bits per heavy atom. The minimum Gasteiger partial charge on any atom is -0.373 e. The van der Waals surface area contributed by atoms with Crippen molar-refractivity contribution in [3.63, 3.8) is 0 Å². The van der Waals surface area contributed by atoms with Gasteiger partial charge in [0.25, 0.3) is 0 Å². The number of morpholine rings is 1. The lowest BCUT2D eigenvalue weighted by molar-refractivity contribution is -0.116. The van der Waals surface area contributed by atoms with Crippen LogP contribution in [0.4, 0.5) is 0 Å². The molecule has 1 amide bonds. The Labute approximate surface area is 141 Å². The number of hydrogen-bond donors (Lipinski definition) is 1. The highest BCUT2D eigenvalue weighted by molar-refractivity contribution is 7.89. The van der Waals surface area contributed by atoms with Crippen LogP contribution in [0.2, 0.25) is 0 Å². The summed E-state index contributed by atoms with van der Waals surface area (Å²) in [4.78, 5) is 11.7. The molecule has 6 nitrogen and oxygen atoms in total. The molecule has 1 N–H and O–H groups in total. The molecule has 1 aromatic rings. The average Bonchev–Trinajstić information content (AvgIpc) is 2.97. The molecule has 23 heavy (non-hydrogen) atoms. The van der Waals surface area contributed by atoms with E-state index in [-0.39, 0.29) is 30.4 Å². The minimum absolute atomic E-state index is 0.0925. The van der Waals surface area contributed by atoms with E-state index < -0.39 is 10.0 Å². The van der Waals surface area contributed by atoms with Crippen molar-refractivity contribution in [2.75, 3.05) is 25.4 Å². The van der Waals surface area contributed by atoms with E-state index in [1.165, 1.54) is 10.4 Å². The number of nitrogens with one attached hydrogen (secondary N) is 1. The maximum absolute atomic E-state index is 12.3. The van der Waals surface area contributed by atoms with Gasteiger partial charge in [0.2, 0.25) is 15.9 Å². The van der Waals surface area contributed by atoms with E-state index in [9.17, 15) is 13.2 Å². The van der Waals surface area contributed by atoms with Crippen molar-refractivity contribution in [2.45, 2.75) is 26.1 Å². The van der Waals surface area contributed by atoms with Crippen molar-refractivity contribution >= 4 is 33.3 Å². The Bertz CT molecular complexity index is 630. The van der Waals surface area contributed by atoms with Gasteiger partial charge in [-0.1, -0.05) is 0 Å². The van der Waals surface area contributed by atoms with Crippen LogP contribution in [0.1, 0.15) is 19.4 Å². The standard InChI is InChI=1S/C15H22N2O4S2/c1-12-9-17(10-13(2)21-12)23(19,20)8-6-16-15(18)4-3-14-5-7-22-11-14/h3-5,7,11-13H,6,8-10H2,1-2H3,(H,16,18)/b4-3+. The molecule has 0 aliphatic carbocycles. The van der Waals surface area contributed by atoms with E-state index in [0.29, 0.717) is 13.1 Å². The lowest BCUT2D eigenvalue weighted by atomic mass is 10.3. The first-order valence-electron chi connectivity index (χ1n) is 7.48. The van der Waals surface area contributed by atoms with Crippen molar-refractivity contribution in [1.82, 2.24) is 9.62 Å². The molecule has 1 aliphatic heterocycles. The molecule has 2 rings (SSSR count). The van der Waals surface area contributed by atoms with Crippen LogP contribution < -0.4 is 5.32 Å². The van der Waals surface area contributed by atoms with Crippen LogP contribution in [-0.2, 0) is 19.6 Å². The van der Waals surface area contributed by atoms with Gasteiger partial charge in [0.15, 0.2) is 0 Å². The zero-order chi connectivity index (χ0) is 16.9. The molecule has 0 spiro atoms. The van der Waals surface area contributed by atoms with Crippen molar-refractivity contribution in [1.29, 1.82) is 0 Å². The second kappa shape index (κ2) is 8.05. The van der Waals surface area contributed by atoms with Gasteiger partial charge in [-0.05, 0) is 42.3 Å². The highest BCUT2D eigenvalue weighted by atomic mass is 32.2. The van der Waals surface area contributed by atoms with E-state index in [0.717, 1.165) is 5.56 Å². The van der Waals surface area contributed by atoms with E-state index in [1.54, 1.807) is 17.4 Å². The molecule has 2 atom stereocenters. The van der Waals surface area contributed by atoms with Crippen molar-refractivity contribution in [2.24, 2.45) is 0 Å². The molecule has 0 bridgehead atoms. The third kappa shape index (κ3) is 5.72. The maximum atomic E-state index is 12.3. The number of hydrogen-bond acceptors (Lipinski definition) is 5. The SMILES string of the molecule is CC1CN(S(=O)(=O)CCNC(=O)/C=C/c2ccsc2)CC(C)O1. The number of carbonyl (C=O) groups excluding carboxylic acids is 1. The fourth-order valence-corrected chi connectivity index (χ4v) is 4.51. The molecule has 1 fully saturated rings. The van der Waals surface area contributed by atoms with Crippen molar-refractivity contribution in [3.8, 4) is 0 Å². The van der Waals surface area contributed by atoms with Gasteiger partial charge in [0.05, 0.1) is 18.0 Å². The fourth-order valence-electron chi connectivity index (χ4n) is 2.39. The van der Waals surface area contributed by atoms with E-state index >= 15 is 0 Å². The first-order chi connectivity index (χ1) is 10.9. The number of sulfonamides is 1. The molecule has 1 aliphatic rings. The summed E-state index contributed by atoms with van der Waals surface area (Å²) in [5.41, 5.74) is 0.953. The zero-order valence-electron chi connectivity index (χ0n) is 13.3. The zero-order valence-corrected chi connectivity index (χ0v) is 14.9. The maximum Gasteiger partial charge on any atom is 0.244 e. The summed E-state index contributed by atoms with van der Waals surface area (Å²) in [6.45, 7) is 4.52. The molecule has 0 radical (unpaired) electrons. The monoisotopic (exact) mass is 358 g/mol. The van der Waals surface area contributed by atoms with Crippen LogP contribution in [0.25, 0.3) is 6.08 Å². The quantitative estimate of drug-likeness (QED) is 0.778. The predicted octanol–water partition coefficient (Wildman–Crippen LogP) is 1.32. The van der Waals surface area contributed by atoms with Gasteiger partial charge in [-0.3, -0.25) is 4.79 Å². The largest absolute Gasteiger partial charge is 0.373 e. The molecule has 2 heterocycles. The number of carbonyl (C=O) groups is 1. The summed E-state index contributed by atoms with van der Waals surface area (Å²) in [6.07, 6.45) is 2.88. The first-order valence-corrected chi connectivity index (χ1v) is 10.0. The van der Waals surface area contributed by atoms with Gasteiger partial charge in [-0.25, -0.2) is 8.42 Å². The highest BCUT2D eigenvalue weighted by Crippen LogP contribution is 2.14. The molecule has 8 heteroatoms. The number of thiophene rings is 1. The number of amides is 1. The normalized spacial score (nSPS) is 23.2. The molecular formula is C15H22N2O4S2. The first kappa shape index (κ1) is 18.1. The van der Waals surface area contributed by atoms with Crippen LogP contribution in [0.15, 0.2) is 22.9 Å². The average molecular weight is 358 g/mol. The number of rotatable bonds is 6. The van der Waals surface area contributed by atoms with Gasteiger partial charge < -0.3 is 10.1 Å². The summed E-state index contributed by atoms with van der Waals surface area (Å²) in [5, 5.41) is 6.45. The van der Waals surface area contributed by atoms with Gasteiger partial charge in [0, 0.05) is 25.7 Å². The van der Waals surface area contributed by atoms with Gasteiger partial charge in [0.1, 0.15) is 0 Å². The predicted molar refractivity (Wildman–Crippen MR) is 91.7 cm³/mol. The smallest absolute Gasteiger partial charge is 0.244 e. The highest BCUT2D eigenvalue weighted by Gasteiger charge is 2.30. The molecule has 0 aromatic carbocycles. The molecule has 1 saturated heterocycles. The second-order valence-electron chi connectivity index (χ2n) is 5.57. The Kier molecular flexibility index (Phi) is 6.34. The van der Waals surface area contributed by atoms with Crippen molar-refractivity contribution in [3.05, 3.63) is 28.5 Å². The van der Waals surface area contributed by atoms with E-state index in [2.05, 4.69) is 5.32 Å². The van der Waals surface area contributed by atoms with Gasteiger partial charge >= 0.3 is 0 Å². The lowest BCUT2D eigenvalue weighted by Crippen LogP contribution is -2.49. The fraction of sp³-hybridized carbons (Fsp3) is 0.533. The van der Waals surface area contributed by atoms with Crippen LogP contribution in [0.3, 0.4) is 0 Å². The lowest BCUT2D eigenvalue weighted by Gasteiger charge is -2.34. The summed E-state index contributed by atoms with van der Waals surface area (Å²) in [7, 11) is -3.39. The topological polar surface area (TPSA) is 75.7 Å². The second-order valence-corrected chi connectivity index (χ2v) is 8.44. The number of ether oxygens (including phenoxy) is 1. The van der Waals surface area contributed by atoms with Crippen molar-refractivity contribution < 1.29 is 17.9 Å². The van der Waals surface area contributed by atoms with E-state index in [4.69, 9.17) is 4.74 Å². The Balaban J connectivity index is 1.79. The van der Waals surface area contributed by atoms with Crippen LogP contribution in [0, 0.1) is 0 Å². The Hall–Kier alpha value is -1.22. The number of nitrogens with zero attached hydrogens (tertiary/aromatic N) is 1. The molecule has 1 aromatic heterocycles. The molecule has 2 unspecified atom stereocenters. The van der Waals surface area contributed by atoms with E-state index in [1.807, 2.05) is 30.7 Å². The Morgan fingerprint density at radius 3 is 2.74 bits per heavy atom. The minimum atomic E-state index is -3.39.